The highest BCUT2D eigenvalue weighted by Gasteiger charge is 2.17. The van der Waals surface area contributed by atoms with E-state index in [0.717, 1.165) is 5.56 Å². The van der Waals surface area contributed by atoms with Crippen LogP contribution in [0.1, 0.15) is 39.5 Å². The van der Waals surface area contributed by atoms with Gasteiger partial charge in [0.05, 0.1) is 5.60 Å². The van der Waals surface area contributed by atoms with Gasteiger partial charge in [0.25, 0.3) is 0 Å². The van der Waals surface area contributed by atoms with Crippen LogP contribution >= 0.6 is 0 Å². The lowest BCUT2D eigenvalue weighted by Gasteiger charge is -2.24. The number of esters is 1. The number of carbonyl (C=O) groups is 1. The second-order valence-electron chi connectivity index (χ2n) is 4.67. The van der Waals surface area contributed by atoms with Gasteiger partial charge < -0.3 is 15.2 Å². The smallest absolute Gasteiger partial charge is 0.309 e. The van der Waals surface area contributed by atoms with Crippen molar-refractivity contribution in [3.05, 3.63) is 23.9 Å². The van der Waals surface area contributed by atoms with E-state index in [1.807, 2.05) is 20.8 Å². The predicted molar refractivity (Wildman–Crippen MR) is 63.3 cm³/mol. The predicted octanol–water partition coefficient (Wildman–Crippen LogP) is 1.78. The van der Waals surface area contributed by atoms with E-state index in [-0.39, 0.29) is 11.5 Å². The molecule has 0 fully saturated rings. The summed E-state index contributed by atoms with van der Waals surface area (Å²) in [6.07, 6.45) is 0.989. The maximum Gasteiger partial charge on any atom is 0.309 e. The molecule has 17 heavy (non-hydrogen) atoms. The average Bonchev–Trinajstić information content (AvgIpc) is 2.15. The molecule has 1 atom stereocenters. The van der Waals surface area contributed by atoms with Crippen molar-refractivity contribution in [1.29, 1.82) is 0 Å². The summed E-state index contributed by atoms with van der Waals surface area (Å²) in [6.45, 7) is 7.10. The van der Waals surface area contributed by atoms with Gasteiger partial charge in [-0.15, -0.1) is 0 Å². The van der Waals surface area contributed by atoms with Gasteiger partial charge in [0.2, 0.25) is 5.88 Å². The molecule has 1 unspecified atom stereocenters. The molecule has 1 heterocycles. The fourth-order valence-electron chi connectivity index (χ4n) is 1.22. The van der Waals surface area contributed by atoms with Crippen LogP contribution < -0.4 is 10.5 Å². The standard InChI is InChI=1S/C12H18N2O3/c1-8(15)16-10-6-5-9(7-14-10)11(13)17-12(2,3)4/h5-7,11H,13H2,1-4H3. The Morgan fingerprint density at radius 2 is 2.06 bits per heavy atom. The van der Waals surface area contributed by atoms with E-state index >= 15 is 0 Å². The fraction of sp³-hybridized carbons (Fsp3) is 0.500. The molecule has 0 saturated heterocycles. The van der Waals surface area contributed by atoms with Crippen molar-refractivity contribution in [2.45, 2.75) is 39.5 Å². The van der Waals surface area contributed by atoms with Gasteiger partial charge in [-0.1, -0.05) is 0 Å². The first kappa shape index (κ1) is 13.6. The molecule has 0 aromatic carbocycles. The normalized spacial score (nSPS) is 13.2. The lowest BCUT2D eigenvalue weighted by molar-refractivity contribution is -0.132. The van der Waals surface area contributed by atoms with Crippen LogP contribution in [0.4, 0.5) is 0 Å². The quantitative estimate of drug-likeness (QED) is 0.641. The van der Waals surface area contributed by atoms with Crippen LogP contribution in [0.3, 0.4) is 0 Å². The first-order valence-electron chi connectivity index (χ1n) is 5.36. The largest absolute Gasteiger partial charge is 0.408 e. The summed E-state index contributed by atoms with van der Waals surface area (Å²) in [5, 5.41) is 0. The van der Waals surface area contributed by atoms with E-state index in [9.17, 15) is 4.79 Å². The monoisotopic (exact) mass is 238 g/mol. The summed E-state index contributed by atoms with van der Waals surface area (Å²) in [6, 6.07) is 3.31. The summed E-state index contributed by atoms with van der Waals surface area (Å²) < 4.78 is 10.4. The highest BCUT2D eigenvalue weighted by Crippen LogP contribution is 2.20. The number of nitrogens with zero attached hydrogens (tertiary/aromatic N) is 1. The molecule has 1 aromatic rings. The Kier molecular flexibility index (Phi) is 4.20. The van der Waals surface area contributed by atoms with Gasteiger partial charge in [-0.2, -0.15) is 0 Å². The Morgan fingerprint density at radius 3 is 2.47 bits per heavy atom. The molecule has 0 aliphatic heterocycles. The van der Waals surface area contributed by atoms with Gasteiger partial charge in [0.1, 0.15) is 6.23 Å². The third-order valence-electron chi connectivity index (χ3n) is 1.82. The zero-order chi connectivity index (χ0) is 13.1. The van der Waals surface area contributed by atoms with Crippen LogP contribution in [0.5, 0.6) is 5.88 Å². The molecule has 5 nitrogen and oxygen atoms in total. The molecule has 94 valence electrons. The summed E-state index contributed by atoms with van der Waals surface area (Å²) in [5.41, 5.74) is 6.27. The van der Waals surface area contributed by atoms with Crippen molar-refractivity contribution in [3.63, 3.8) is 0 Å². The van der Waals surface area contributed by atoms with E-state index < -0.39 is 12.2 Å². The number of hydrogen-bond donors (Lipinski definition) is 1. The highest BCUT2D eigenvalue weighted by atomic mass is 16.5. The van der Waals surface area contributed by atoms with Crippen LogP contribution in [0.15, 0.2) is 18.3 Å². The van der Waals surface area contributed by atoms with E-state index in [0.29, 0.717) is 0 Å². The van der Waals surface area contributed by atoms with Gasteiger partial charge in [0.15, 0.2) is 0 Å². The SMILES string of the molecule is CC(=O)Oc1ccc(C(N)OC(C)(C)C)cn1. The van der Waals surface area contributed by atoms with Gasteiger partial charge >= 0.3 is 5.97 Å². The molecule has 2 N–H and O–H groups in total. The minimum Gasteiger partial charge on any atom is -0.408 e. The molecule has 0 aliphatic rings. The Bertz CT molecular complexity index is 382. The average molecular weight is 238 g/mol. The molecule has 1 aromatic heterocycles. The van der Waals surface area contributed by atoms with Crippen molar-refractivity contribution in [2.24, 2.45) is 5.73 Å². The first-order valence-corrected chi connectivity index (χ1v) is 5.36. The Labute approximate surface area is 101 Å². The van der Waals surface area contributed by atoms with Crippen molar-refractivity contribution >= 4 is 5.97 Å². The molecule has 0 saturated carbocycles. The number of rotatable bonds is 3. The highest BCUT2D eigenvalue weighted by molar-refractivity contribution is 5.68. The molecule has 0 aliphatic carbocycles. The van der Waals surface area contributed by atoms with E-state index in [2.05, 4.69) is 4.98 Å². The van der Waals surface area contributed by atoms with Crippen LogP contribution in [-0.4, -0.2) is 16.6 Å². The van der Waals surface area contributed by atoms with Crippen molar-refractivity contribution in [2.75, 3.05) is 0 Å². The topological polar surface area (TPSA) is 74.4 Å². The number of nitrogens with two attached hydrogens (primary N) is 1. The number of ether oxygens (including phenoxy) is 2. The van der Waals surface area contributed by atoms with Gasteiger partial charge in [0, 0.05) is 24.8 Å². The summed E-state index contributed by atoms with van der Waals surface area (Å²) >= 11 is 0. The van der Waals surface area contributed by atoms with Gasteiger partial charge in [-0.05, 0) is 26.8 Å². The lowest BCUT2D eigenvalue weighted by Crippen LogP contribution is -2.27. The maximum atomic E-state index is 10.7. The minimum absolute atomic E-state index is 0.254. The van der Waals surface area contributed by atoms with Gasteiger partial charge in [-0.25, -0.2) is 4.98 Å². The Hall–Kier alpha value is -1.46. The number of carbonyl (C=O) groups excluding carboxylic acids is 1. The Morgan fingerprint density at radius 1 is 1.41 bits per heavy atom. The van der Waals surface area contributed by atoms with Crippen molar-refractivity contribution < 1.29 is 14.3 Å². The third kappa shape index (κ3) is 4.93. The van der Waals surface area contributed by atoms with E-state index in [4.69, 9.17) is 15.2 Å². The maximum absolute atomic E-state index is 10.7. The molecule has 1 rings (SSSR count). The third-order valence-corrected chi connectivity index (χ3v) is 1.82. The fourth-order valence-corrected chi connectivity index (χ4v) is 1.22. The van der Waals surface area contributed by atoms with E-state index in [1.54, 1.807) is 12.1 Å². The lowest BCUT2D eigenvalue weighted by atomic mass is 10.2. The second-order valence-corrected chi connectivity index (χ2v) is 4.67. The molecule has 0 amide bonds. The Balaban J connectivity index is 2.70. The molecule has 0 radical (unpaired) electrons. The van der Waals surface area contributed by atoms with Crippen molar-refractivity contribution in [1.82, 2.24) is 4.98 Å². The van der Waals surface area contributed by atoms with Crippen LogP contribution in [0, 0.1) is 0 Å². The number of hydrogen-bond acceptors (Lipinski definition) is 5. The molecular formula is C12H18N2O3. The minimum atomic E-state index is -0.547. The molecule has 0 bridgehead atoms. The molecular weight excluding hydrogens is 220 g/mol. The molecule has 0 spiro atoms. The van der Waals surface area contributed by atoms with Crippen LogP contribution in [-0.2, 0) is 9.53 Å². The first-order chi connectivity index (χ1) is 7.78. The second kappa shape index (κ2) is 5.25. The zero-order valence-electron chi connectivity index (χ0n) is 10.6. The van der Waals surface area contributed by atoms with Crippen molar-refractivity contribution in [3.8, 4) is 5.88 Å². The van der Waals surface area contributed by atoms with E-state index in [1.165, 1.54) is 13.1 Å². The molecule has 5 heteroatoms. The summed E-state index contributed by atoms with van der Waals surface area (Å²) in [4.78, 5) is 14.7. The van der Waals surface area contributed by atoms with Gasteiger partial charge in [-0.3, -0.25) is 4.79 Å². The number of aromatic nitrogens is 1. The van der Waals surface area contributed by atoms with Crippen LogP contribution in [0.2, 0.25) is 0 Å². The summed E-state index contributed by atoms with van der Waals surface area (Å²) in [7, 11) is 0. The van der Waals surface area contributed by atoms with Crippen LogP contribution in [0.25, 0.3) is 0 Å². The number of pyridine rings is 1. The zero-order valence-corrected chi connectivity index (χ0v) is 10.6. The summed E-state index contributed by atoms with van der Waals surface area (Å²) in [5.74, 6) is -0.148.